The van der Waals surface area contributed by atoms with Crippen molar-refractivity contribution in [2.45, 2.75) is 25.7 Å². The van der Waals surface area contributed by atoms with Crippen LogP contribution in [0.4, 0.5) is 13.3 Å². The Kier molecular flexibility index (Phi) is 11.0. The van der Waals surface area contributed by atoms with Crippen LogP contribution in [0.3, 0.4) is 0 Å². The summed E-state index contributed by atoms with van der Waals surface area (Å²) in [4.78, 5) is 0. The second-order valence-corrected chi connectivity index (χ2v) is 3.79. The molecule has 0 radical (unpaired) electrons. The molecule has 0 spiro atoms. The summed E-state index contributed by atoms with van der Waals surface area (Å²) in [5.74, 6) is 0. The van der Waals surface area contributed by atoms with Crippen molar-refractivity contribution < 1.29 is 30.0 Å². The van der Waals surface area contributed by atoms with Gasteiger partial charge in [-0.3, -0.25) is 0 Å². The average molecular weight is 301 g/mol. The predicted octanol–water partition coefficient (Wildman–Crippen LogP) is 3.17. The third-order valence-electron chi connectivity index (χ3n) is 1.33. The number of rotatable bonds is 0. The fraction of sp³-hybridized carbons (Fsp3) is 0.500. The van der Waals surface area contributed by atoms with Gasteiger partial charge in [0, 0.05) is 0 Å². The van der Waals surface area contributed by atoms with Crippen molar-refractivity contribution in [3.63, 3.8) is 0 Å². The first kappa shape index (κ1) is 16.3. The molecule has 14 heavy (non-hydrogen) atoms. The summed E-state index contributed by atoms with van der Waals surface area (Å²) in [5, 5.41) is 0. The van der Waals surface area contributed by atoms with Crippen LogP contribution in [0.15, 0.2) is 24.3 Å². The van der Waals surface area contributed by atoms with Gasteiger partial charge in [-0.05, 0) is 25.7 Å². The third kappa shape index (κ3) is 22.7. The Bertz CT molecular complexity index is 145. The molecule has 0 amide bonds. The zero-order chi connectivity index (χ0) is 10.2. The van der Waals surface area contributed by atoms with Gasteiger partial charge in [0.15, 0.2) is 0 Å². The van der Waals surface area contributed by atoms with Crippen molar-refractivity contribution >= 4 is 8.41 Å². The second-order valence-electron chi connectivity index (χ2n) is 2.38. The van der Waals surface area contributed by atoms with Gasteiger partial charge in [-0.2, -0.15) is 0 Å². The first-order valence-corrected chi connectivity index (χ1v) is 6.28. The molecule has 0 heterocycles. The Morgan fingerprint density at radius 2 is 0.786 bits per heavy atom. The van der Waals surface area contributed by atoms with Crippen molar-refractivity contribution in [3.05, 3.63) is 24.3 Å². The summed E-state index contributed by atoms with van der Waals surface area (Å²) in [6, 6.07) is 0. The van der Waals surface area contributed by atoms with E-state index in [0.717, 1.165) is 0 Å². The molecule has 0 saturated heterocycles. The van der Waals surface area contributed by atoms with Crippen LogP contribution in [0.1, 0.15) is 25.7 Å². The van der Waals surface area contributed by atoms with Crippen molar-refractivity contribution in [1.29, 1.82) is 0 Å². The first-order valence-electron chi connectivity index (χ1n) is 3.80. The van der Waals surface area contributed by atoms with E-state index in [2.05, 4.69) is 24.3 Å². The summed E-state index contributed by atoms with van der Waals surface area (Å²) >= 11 is -6.78. The maximum absolute atomic E-state index is 9.85. The van der Waals surface area contributed by atoms with Gasteiger partial charge in [-0.15, -0.1) is 0 Å². The molecule has 0 atom stereocenters. The molecule has 0 nitrogen and oxygen atoms in total. The summed E-state index contributed by atoms with van der Waals surface area (Å²) in [6.07, 6.45) is 14.0. The topological polar surface area (TPSA) is 0 Å². The van der Waals surface area contributed by atoms with Gasteiger partial charge in [0.2, 0.25) is 0 Å². The maximum atomic E-state index is 9.85. The predicted molar refractivity (Wildman–Crippen MR) is 51.1 cm³/mol. The van der Waals surface area contributed by atoms with Crippen LogP contribution in [0, 0.1) is 0 Å². The quantitative estimate of drug-likeness (QED) is 0.366. The van der Waals surface area contributed by atoms with E-state index >= 15 is 0 Å². The molecular formula is C8H15BF4Rh. The molecule has 0 unspecified atom stereocenters. The Hall–Kier alpha value is -0.112. The van der Waals surface area contributed by atoms with Gasteiger partial charge in [0.05, 0.1) is 8.41 Å². The Balaban J connectivity index is 0. The van der Waals surface area contributed by atoms with Gasteiger partial charge in [0.1, 0.15) is 0 Å². The van der Waals surface area contributed by atoms with Crippen molar-refractivity contribution in [2.75, 3.05) is 0 Å². The molecule has 1 aliphatic rings. The fourth-order valence-electron chi connectivity index (χ4n) is 0.856. The number of allylic oxidation sites excluding steroid dienone is 4. The van der Waals surface area contributed by atoms with Crippen LogP contribution in [0.25, 0.3) is 0 Å². The molecule has 0 aliphatic heterocycles. The molecule has 0 N–H and O–H groups in total. The van der Waals surface area contributed by atoms with Crippen LogP contribution in [0.5, 0.6) is 0 Å². The monoisotopic (exact) mass is 301 g/mol. The van der Waals surface area contributed by atoms with Crippen molar-refractivity contribution in [3.8, 4) is 0 Å². The molecule has 0 aromatic carbocycles. The minimum absolute atomic E-state index is 0. The van der Waals surface area contributed by atoms with E-state index in [9.17, 15) is 13.3 Å². The van der Waals surface area contributed by atoms with E-state index in [-0.39, 0.29) is 8.41 Å². The van der Waals surface area contributed by atoms with E-state index in [1.165, 1.54) is 25.7 Å². The molecule has 0 bridgehead atoms. The van der Waals surface area contributed by atoms with Gasteiger partial charge < -0.3 is 0 Å². The SMILES string of the molecule is B.C1=CCCC=CCC1.[F][Rh]([F])([F])[F]. The average Bonchev–Trinajstić information content (AvgIpc) is 1.79. The molecule has 1 aliphatic carbocycles. The third-order valence-corrected chi connectivity index (χ3v) is 1.33. The standard InChI is InChI=1S/C8H12.BH3.4FH.Rh/c1-2-4-6-8-7-5-3-1;;;;;;/h1-2,7-8H,3-6H2;1H3;4*1H;/q;;;;;;+4/p-4. The van der Waals surface area contributed by atoms with E-state index in [4.69, 9.17) is 0 Å². The molecule has 0 aromatic rings. The van der Waals surface area contributed by atoms with E-state index in [0.29, 0.717) is 0 Å². The van der Waals surface area contributed by atoms with Gasteiger partial charge >= 0.3 is 30.0 Å². The molecule has 0 fully saturated rings. The van der Waals surface area contributed by atoms with Crippen LogP contribution in [-0.2, 0) is 16.8 Å². The van der Waals surface area contributed by atoms with Crippen LogP contribution < -0.4 is 0 Å². The van der Waals surface area contributed by atoms with Crippen molar-refractivity contribution in [2.24, 2.45) is 0 Å². The van der Waals surface area contributed by atoms with E-state index in [1.807, 2.05) is 0 Å². The van der Waals surface area contributed by atoms with Crippen LogP contribution >= 0.6 is 0 Å². The number of hydrogen-bond donors (Lipinski definition) is 0. The normalized spacial score (nSPS) is 16.9. The number of halogens is 4. The molecular weight excluding hydrogens is 286 g/mol. The molecule has 6 heteroatoms. The van der Waals surface area contributed by atoms with Crippen molar-refractivity contribution in [1.82, 2.24) is 0 Å². The molecule has 1 rings (SSSR count). The summed E-state index contributed by atoms with van der Waals surface area (Å²) < 4.78 is 39.4. The zero-order valence-electron chi connectivity index (χ0n) is 6.98. The van der Waals surface area contributed by atoms with Gasteiger partial charge in [0.25, 0.3) is 0 Å². The summed E-state index contributed by atoms with van der Waals surface area (Å²) in [7, 11) is 0. The number of hydrogen-bond acceptors (Lipinski definition) is 0. The minimum atomic E-state index is -6.78. The Labute approximate surface area is 88.8 Å². The van der Waals surface area contributed by atoms with Gasteiger partial charge in [-0.25, -0.2) is 0 Å². The zero-order valence-corrected chi connectivity index (χ0v) is 8.62. The van der Waals surface area contributed by atoms with Gasteiger partial charge in [-0.1, -0.05) is 24.3 Å². The molecule has 0 aromatic heterocycles. The summed E-state index contributed by atoms with van der Waals surface area (Å²) in [6.45, 7) is 0. The Morgan fingerprint density at radius 3 is 0.929 bits per heavy atom. The van der Waals surface area contributed by atoms with Crippen LogP contribution in [0.2, 0.25) is 0 Å². The fourth-order valence-corrected chi connectivity index (χ4v) is 0.856. The summed E-state index contributed by atoms with van der Waals surface area (Å²) in [5.41, 5.74) is 0. The first-order chi connectivity index (χ1) is 6.00. The van der Waals surface area contributed by atoms with E-state index in [1.54, 1.807) is 0 Å². The Morgan fingerprint density at radius 1 is 0.643 bits per heavy atom. The van der Waals surface area contributed by atoms with E-state index < -0.39 is 16.8 Å². The molecule has 0 saturated carbocycles. The second kappa shape index (κ2) is 9.44. The van der Waals surface area contributed by atoms with Crippen LogP contribution in [-0.4, -0.2) is 8.41 Å². The molecule has 87 valence electrons.